The van der Waals surface area contributed by atoms with Crippen LogP contribution < -0.4 is 5.73 Å². The number of amides is 1. The summed E-state index contributed by atoms with van der Waals surface area (Å²) >= 11 is 0. The highest BCUT2D eigenvalue weighted by Crippen LogP contribution is 2.43. The highest BCUT2D eigenvalue weighted by Gasteiger charge is 2.41. The van der Waals surface area contributed by atoms with Crippen molar-refractivity contribution in [1.29, 1.82) is 0 Å². The lowest BCUT2D eigenvalue weighted by Crippen LogP contribution is -2.44. The first-order valence-electron chi connectivity index (χ1n) is 7.09. The molecule has 0 bridgehead atoms. The lowest BCUT2D eigenvalue weighted by Gasteiger charge is -2.32. The van der Waals surface area contributed by atoms with E-state index in [4.69, 9.17) is 10.9 Å². The first kappa shape index (κ1) is 15.8. The van der Waals surface area contributed by atoms with Gasteiger partial charge in [0.05, 0.1) is 0 Å². The SMILES string of the molecule is CCN(CC(C)C(N)=NO)C(=O)C1CCCC1(C)C. The first-order valence-corrected chi connectivity index (χ1v) is 7.09. The molecule has 1 fully saturated rings. The van der Waals surface area contributed by atoms with Crippen molar-refractivity contribution in [3.8, 4) is 0 Å². The molecule has 5 nitrogen and oxygen atoms in total. The number of hydrogen-bond acceptors (Lipinski definition) is 3. The summed E-state index contributed by atoms with van der Waals surface area (Å²) in [5.74, 6) is 0.366. The summed E-state index contributed by atoms with van der Waals surface area (Å²) in [4.78, 5) is 14.5. The monoisotopic (exact) mass is 269 g/mol. The maximum Gasteiger partial charge on any atom is 0.226 e. The Bertz CT molecular complexity index is 353. The van der Waals surface area contributed by atoms with E-state index in [9.17, 15) is 4.79 Å². The Labute approximate surface area is 115 Å². The third kappa shape index (κ3) is 3.61. The molecule has 0 spiro atoms. The molecule has 1 saturated carbocycles. The molecular formula is C14H27N3O2. The second kappa shape index (κ2) is 6.26. The number of nitrogens with zero attached hydrogens (tertiary/aromatic N) is 2. The molecule has 0 aromatic heterocycles. The Hall–Kier alpha value is -1.26. The molecule has 0 heterocycles. The number of nitrogens with two attached hydrogens (primary N) is 1. The molecule has 0 aliphatic heterocycles. The summed E-state index contributed by atoms with van der Waals surface area (Å²) in [5, 5.41) is 11.7. The van der Waals surface area contributed by atoms with E-state index in [2.05, 4.69) is 19.0 Å². The number of rotatable bonds is 5. The van der Waals surface area contributed by atoms with Gasteiger partial charge in [-0.2, -0.15) is 0 Å². The van der Waals surface area contributed by atoms with Crippen LogP contribution in [0.5, 0.6) is 0 Å². The maximum absolute atomic E-state index is 12.6. The third-order valence-corrected chi connectivity index (χ3v) is 4.36. The molecule has 1 aliphatic rings. The Balaban J connectivity index is 2.72. The summed E-state index contributed by atoms with van der Waals surface area (Å²) in [5.41, 5.74) is 5.68. The van der Waals surface area contributed by atoms with Crippen LogP contribution in [0.25, 0.3) is 0 Å². The zero-order valence-corrected chi connectivity index (χ0v) is 12.5. The van der Waals surface area contributed by atoms with Crippen LogP contribution >= 0.6 is 0 Å². The topological polar surface area (TPSA) is 78.9 Å². The minimum absolute atomic E-state index is 0.0877. The average molecular weight is 269 g/mol. The molecular weight excluding hydrogens is 242 g/mol. The van der Waals surface area contributed by atoms with Gasteiger partial charge < -0.3 is 15.8 Å². The standard InChI is InChI=1S/C14H27N3O2/c1-5-17(9-10(2)12(15)16-19)13(18)11-7-6-8-14(11,3)4/h10-11,19H,5-9H2,1-4H3,(H2,15,16). The fraction of sp³-hybridized carbons (Fsp3) is 0.857. The molecule has 0 aromatic rings. The van der Waals surface area contributed by atoms with Crippen LogP contribution in [0.2, 0.25) is 0 Å². The minimum atomic E-state index is -0.126. The normalized spacial score (nSPS) is 24.2. The van der Waals surface area contributed by atoms with Crippen LogP contribution in [0.4, 0.5) is 0 Å². The molecule has 3 N–H and O–H groups in total. The predicted molar refractivity (Wildman–Crippen MR) is 75.9 cm³/mol. The van der Waals surface area contributed by atoms with E-state index in [1.165, 1.54) is 0 Å². The highest BCUT2D eigenvalue weighted by atomic mass is 16.4. The number of carbonyl (C=O) groups is 1. The summed E-state index contributed by atoms with van der Waals surface area (Å²) in [6.45, 7) is 9.35. The Morgan fingerprint density at radius 2 is 2.21 bits per heavy atom. The lowest BCUT2D eigenvalue weighted by molar-refractivity contribution is -0.138. The van der Waals surface area contributed by atoms with Crippen molar-refractivity contribution in [3.05, 3.63) is 0 Å². The van der Waals surface area contributed by atoms with E-state index in [0.29, 0.717) is 13.1 Å². The van der Waals surface area contributed by atoms with Crippen LogP contribution in [0.15, 0.2) is 5.16 Å². The largest absolute Gasteiger partial charge is 0.409 e. The lowest BCUT2D eigenvalue weighted by atomic mass is 9.81. The second-order valence-electron chi connectivity index (χ2n) is 6.24. The van der Waals surface area contributed by atoms with E-state index in [1.54, 1.807) is 0 Å². The number of amidine groups is 1. The van der Waals surface area contributed by atoms with Gasteiger partial charge in [0.25, 0.3) is 0 Å². The molecule has 110 valence electrons. The molecule has 0 aromatic carbocycles. The van der Waals surface area contributed by atoms with Crippen molar-refractivity contribution < 1.29 is 10.0 Å². The van der Waals surface area contributed by atoms with Gasteiger partial charge in [0.1, 0.15) is 5.84 Å². The van der Waals surface area contributed by atoms with E-state index in [0.717, 1.165) is 19.3 Å². The van der Waals surface area contributed by atoms with Gasteiger partial charge in [-0.05, 0) is 25.2 Å². The molecule has 2 unspecified atom stereocenters. The zero-order valence-electron chi connectivity index (χ0n) is 12.5. The van der Waals surface area contributed by atoms with Gasteiger partial charge in [0.2, 0.25) is 5.91 Å². The number of hydrogen-bond donors (Lipinski definition) is 2. The quantitative estimate of drug-likeness (QED) is 0.347. The van der Waals surface area contributed by atoms with Crippen molar-refractivity contribution in [3.63, 3.8) is 0 Å². The molecule has 1 amide bonds. The average Bonchev–Trinajstić information content (AvgIpc) is 2.73. The van der Waals surface area contributed by atoms with Gasteiger partial charge in [-0.1, -0.05) is 32.3 Å². The summed E-state index contributed by atoms with van der Waals surface area (Å²) in [7, 11) is 0. The Morgan fingerprint density at radius 1 is 1.58 bits per heavy atom. The van der Waals surface area contributed by atoms with E-state index < -0.39 is 0 Å². The van der Waals surface area contributed by atoms with Crippen molar-refractivity contribution in [1.82, 2.24) is 4.90 Å². The smallest absolute Gasteiger partial charge is 0.226 e. The van der Waals surface area contributed by atoms with Crippen molar-refractivity contribution in [2.45, 2.75) is 47.0 Å². The minimum Gasteiger partial charge on any atom is -0.409 e. The van der Waals surface area contributed by atoms with Gasteiger partial charge in [-0.15, -0.1) is 0 Å². The molecule has 5 heteroatoms. The van der Waals surface area contributed by atoms with Crippen LogP contribution in [-0.2, 0) is 4.79 Å². The van der Waals surface area contributed by atoms with Crippen molar-refractivity contribution >= 4 is 11.7 Å². The van der Waals surface area contributed by atoms with Crippen LogP contribution in [0.1, 0.15) is 47.0 Å². The van der Waals surface area contributed by atoms with Crippen molar-refractivity contribution in [2.75, 3.05) is 13.1 Å². The fourth-order valence-corrected chi connectivity index (χ4v) is 2.90. The molecule has 2 atom stereocenters. The van der Waals surface area contributed by atoms with Gasteiger partial charge in [0.15, 0.2) is 0 Å². The van der Waals surface area contributed by atoms with Gasteiger partial charge >= 0.3 is 0 Å². The van der Waals surface area contributed by atoms with E-state index >= 15 is 0 Å². The fourth-order valence-electron chi connectivity index (χ4n) is 2.90. The Morgan fingerprint density at radius 3 is 2.63 bits per heavy atom. The second-order valence-corrected chi connectivity index (χ2v) is 6.24. The molecule has 1 rings (SSSR count). The third-order valence-electron chi connectivity index (χ3n) is 4.36. The van der Waals surface area contributed by atoms with Crippen LogP contribution in [0, 0.1) is 17.3 Å². The Kier molecular flexibility index (Phi) is 5.20. The van der Waals surface area contributed by atoms with Gasteiger partial charge in [-0.25, -0.2) is 0 Å². The van der Waals surface area contributed by atoms with E-state index in [-0.39, 0.29) is 29.0 Å². The summed E-state index contributed by atoms with van der Waals surface area (Å²) < 4.78 is 0. The van der Waals surface area contributed by atoms with Crippen LogP contribution in [0.3, 0.4) is 0 Å². The molecule has 0 radical (unpaired) electrons. The van der Waals surface area contributed by atoms with Crippen molar-refractivity contribution in [2.24, 2.45) is 28.1 Å². The van der Waals surface area contributed by atoms with E-state index in [1.807, 2.05) is 18.7 Å². The zero-order chi connectivity index (χ0) is 14.6. The van der Waals surface area contributed by atoms with Gasteiger partial charge in [-0.3, -0.25) is 4.79 Å². The van der Waals surface area contributed by atoms with Crippen LogP contribution in [-0.4, -0.2) is 34.9 Å². The number of carbonyl (C=O) groups excluding carboxylic acids is 1. The molecule has 19 heavy (non-hydrogen) atoms. The summed E-state index contributed by atoms with van der Waals surface area (Å²) in [6, 6.07) is 0. The summed E-state index contributed by atoms with van der Waals surface area (Å²) in [6.07, 6.45) is 3.20. The first-order chi connectivity index (χ1) is 8.83. The number of oxime groups is 1. The van der Waals surface area contributed by atoms with Gasteiger partial charge in [0, 0.05) is 24.9 Å². The maximum atomic E-state index is 12.6. The molecule has 1 aliphatic carbocycles. The predicted octanol–water partition coefficient (Wildman–Crippen LogP) is 2.04. The highest BCUT2D eigenvalue weighted by molar-refractivity contribution is 5.84. The molecule has 0 saturated heterocycles.